The molecule has 0 radical (unpaired) electrons. The van der Waals surface area contributed by atoms with Gasteiger partial charge in [-0.15, -0.1) is 0 Å². The summed E-state index contributed by atoms with van der Waals surface area (Å²) in [5.41, 5.74) is 0. The third kappa shape index (κ3) is 9.65. The van der Waals surface area contributed by atoms with Crippen molar-refractivity contribution in [3.63, 3.8) is 0 Å². The average molecular weight is 338 g/mol. The number of alkyl halides is 3. The first-order valence-corrected chi connectivity index (χ1v) is 8.24. The second kappa shape index (κ2) is 10.7. The zero-order valence-corrected chi connectivity index (χ0v) is 14.1. The molecule has 23 heavy (non-hydrogen) atoms. The summed E-state index contributed by atoms with van der Waals surface area (Å²) in [6.45, 7) is 6.79. The molecule has 0 unspecified atom stereocenters. The Kier molecular flexibility index (Phi) is 9.31. The summed E-state index contributed by atoms with van der Waals surface area (Å²) in [5, 5.41) is 5.74. The van der Waals surface area contributed by atoms with E-state index in [1.807, 2.05) is 6.92 Å². The Hall–Kier alpha value is -1.02. The quantitative estimate of drug-likeness (QED) is 0.524. The molecule has 0 aliphatic carbocycles. The molecular weight excluding hydrogens is 309 g/mol. The van der Waals surface area contributed by atoms with Crippen molar-refractivity contribution in [2.75, 3.05) is 53.0 Å². The van der Waals surface area contributed by atoms with Crippen molar-refractivity contribution in [2.24, 2.45) is 10.9 Å². The van der Waals surface area contributed by atoms with E-state index in [9.17, 15) is 13.2 Å². The van der Waals surface area contributed by atoms with Gasteiger partial charge in [0.1, 0.15) is 0 Å². The van der Waals surface area contributed by atoms with E-state index < -0.39 is 12.6 Å². The number of ether oxygens (including phenoxy) is 1. The van der Waals surface area contributed by atoms with Crippen LogP contribution in [-0.4, -0.2) is 70.0 Å². The Morgan fingerprint density at radius 2 is 1.96 bits per heavy atom. The normalized spacial score (nSPS) is 18.2. The fourth-order valence-electron chi connectivity index (χ4n) is 2.50. The van der Waals surface area contributed by atoms with E-state index in [0.29, 0.717) is 25.0 Å². The maximum atomic E-state index is 12.2. The van der Waals surface area contributed by atoms with Crippen molar-refractivity contribution in [1.29, 1.82) is 0 Å². The highest BCUT2D eigenvalue weighted by molar-refractivity contribution is 5.79. The van der Waals surface area contributed by atoms with E-state index in [-0.39, 0.29) is 6.54 Å². The second-order valence-electron chi connectivity index (χ2n) is 5.79. The number of hydrogen-bond donors (Lipinski definition) is 2. The Labute approximate surface area is 136 Å². The number of methoxy groups -OCH3 is 1. The molecule has 1 aliphatic heterocycles. The van der Waals surface area contributed by atoms with Gasteiger partial charge in [-0.2, -0.15) is 13.2 Å². The Morgan fingerprint density at radius 1 is 1.26 bits per heavy atom. The number of guanidine groups is 1. The number of rotatable bonds is 8. The van der Waals surface area contributed by atoms with E-state index in [4.69, 9.17) is 4.74 Å². The molecule has 2 N–H and O–H groups in total. The largest absolute Gasteiger partial charge is 0.390 e. The van der Waals surface area contributed by atoms with Crippen LogP contribution in [0.2, 0.25) is 0 Å². The van der Waals surface area contributed by atoms with Crippen LogP contribution in [0.15, 0.2) is 4.99 Å². The fraction of sp³-hybridized carbons (Fsp3) is 0.933. The van der Waals surface area contributed by atoms with Crippen LogP contribution in [0.25, 0.3) is 0 Å². The minimum Gasteiger partial charge on any atom is -0.383 e. The standard InChI is InChI=1S/C15H29F3N4O/c1-3-19-14(20-7-6-15(16,17)18)21-12-13-4-8-22(9-5-13)10-11-23-2/h13H,3-12H2,1-2H3,(H2,19,20,21). The van der Waals surface area contributed by atoms with E-state index >= 15 is 0 Å². The van der Waals surface area contributed by atoms with Crippen molar-refractivity contribution in [2.45, 2.75) is 32.4 Å². The molecule has 5 nitrogen and oxygen atoms in total. The number of aliphatic imine (C=N–C) groups is 1. The predicted molar refractivity (Wildman–Crippen MR) is 85.7 cm³/mol. The molecule has 1 heterocycles. The molecule has 1 rings (SSSR count). The van der Waals surface area contributed by atoms with Crippen molar-refractivity contribution >= 4 is 5.96 Å². The van der Waals surface area contributed by atoms with Crippen LogP contribution in [0.5, 0.6) is 0 Å². The molecule has 0 aromatic rings. The topological polar surface area (TPSA) is 48.9 Å². The minimum absolute atomic E-state index is 0.148. The summed E-state index contributed by atoms with van der Waals surface area (Å²) in [7, 11) is 1.70. The van der Waals surface area contributed by atoms with Crippen LogP contribution >= 0.6 is 0 Å². The van der Waals surface area contributed by atoms with Gasteiger partial charge < -0.3 is 20.3 Å². The molecule has 0 amide bonds. The molecular formula is C15H29F3N4O. The number of likely N-dealkylation sites (tertiary alicyclic amines) is 1. The van der Waals surface area contributed by atoms with Gasteiger partial charge in [0.2, 0.25) is 0 Å². The van der Waals surface area contributed by atoms with Crippen molar-refractivity contribution in [1.82, 2.24) is 15.5 Å². The maximum Gasteiger partial charge on any atom is 0.390 e. The molecule has 1 saturated heterocycles. The third-order valence-electron chi connectivity index (χ3n) is 3.87. The van der Waals surface area contributed by atoms with E-state index in [1.54, 1.807) is 7.11 Å². The molecule has 8 heteroatoms. The van der Waals surface area contributed by atoms with Gasteiger partial charge in [-0.1, -0.05) is 0 Å². The average Bonchev–Trinajstić information content (AvgIpc) is 2.50. The molecule has 0 aromatic carbocycles. The monoisotopic (exact) mass is 338 g/mol. The molecule has 136 valence electrons. The lowest BCUT2D eigenvalue weighted by atomic mass is 9.97. The number of nitrogens with one attached hydrogen (secondary N) is 2. The first-order valence-electron chi connectivity index (χ1n) is 8.24. The van der Waals surface area contributed by atoms with Crippen LogP contribution in [0.1, 0.15) is 26.2 Å². The van der Waals surface area contributed by atoms with E-state index in [0.717, 1.165) is 39.1 Å². The maximum absolute atomic E-state index is 12.2. The summed E-state index contributed by atoms with van der Waals surface area (Å²) in [6.07, 6.45) is -2.86. The van der Waals surface area contributed by atoms with Gasteiger partial charge in [0.05, 0.1) is 13.0 Å². The Morgan fingerprint density at radius 3 is 2.52 bits per heavy atom. The second-order valence-corrected chi connectivity index (χ2v) is 5.79. The minimum atomic E-state index is -4.14. The molecule has 0 saturated carbocycles. The lowest BCUT2D eigenvalue weighted by Crippen LogP contribution is -2.40. The number of hydrogen-bond acceptors (Lipinski definition) is 3. The zero-order valence-electron chi connectivity index (χ0n) is 14.1. The summed E-state index contributed by atoms with van der Waals surface area (Å²) in [5.74, 6) is 0.963. The molecule has 0 atom stereocenters. The number of nitrogens with zero attached hydrogens (tertiary/aromatic N) is 2. The first kappa shape index (κ1) is 20.0. The smallest absolute Gasteiger partial charge is 0.383 e. The molecule has 1 fully saturated rings. The van der Waals surface area contributed by atoms with E-state index in [2.05, 4.69) is 20.5 Å². The molecule has 0 bridgehead atoms. The van der Waals surface area contributed by atoms with Gasteiger partial charge >= 0.3 is 6.18 Å². The van der Waals surface area contributed by atoms with Gasteiger partial charge in [-0.25, -0.2) is 0 Å². The van der Waals surface area contributed by atoms with Crippen LogP contribution < -0.4 is 10.6 Å². The Balaban J connectivity index is 2.31. The number of halogens is 3. The predicted octanol–water partition coefficient (Wildman–Crippen LogP) is 1.85. The van der Waals surface area contributed by atoms with Crippen molar-refractivity contribution < 1.29 is 17.9 Å². The highest BCUT2D eigenvalue weighted by atomic mass is 19.4. The van der Waals surface area contributed by atoms with Crippen LogP contribution in [-0.2, 0) is 4.74 Å². The van der Waals surface area contributed by atoms with Gasteiger partial charge in [0.15, 0.2) is 5.96 Å². The van der Waals surface area contributed by atoms with Crippen molar-refractivity contribution in [3.8, 4) is 0 Å². The van der Waals surface area contributed by atoms with Crippen molar-refractivity contribution in [3.05, 3.63) is 0 Å². The Bertz CT molecular complexity index is 342. The lowest BCUT2D eigenvalue weighted by Gasteiger charge is -2.31. The fourth-order valence-corrected chi connectivity index (χ4v) is 2.50. The molecule has 0 aromatic heterocycles. The number of piperidine rings is 1. The van der Waals surface area contributed by atoms with Gasteiger partial charge in [0.25, 0.3) is 0 Å². The summed E-state index contributed by atoms with van der Waals surface area (Å²) >= 11 is 0. The third-order valence-corrected chi connectivity index (χ3v) is 3.87. The van der Waals surface area contributed by atoms with Gasteiger partial charge in [-0.05, 0) is 38.8 Å². The van der Waals surface area contributed by atoms with Crippen LogP contribution in [0.3, 0.4) is 0 Å². The zero-order chi connectivity index (χ0) is 17.1. The SMILES string of the molecule is CCNC(=NCC1CCN(CCOC)CC1)NCCC(F)(F)F. The lowest BCUT2D eigenvalue weighted by molar-refractivity contribution is -0.132. The highest BCUT2D eigenvalue weighted by Crippen LogP contribution is 2.18. The summed E-state index contributed by atoms with van der Waals surface area (Å²) < 4.78 is 41.6. The summed E-state index contributed by atoms with van der Waals surface area (Å²) in [6, 6.07) is 0. The summed E-state index contributed by atoms with van der Waals surface area (Å²) in [4.78, 5) is 6.80. The van der Waals surface area contributed by atoms with Gasteiger partial charge in [0, 0.05) is 33.3 Å². The van der Waals surface area contributed by atoms with Crippen LogP contribution in [0, 0.1) is 5.92 Å². The molecule has 0 spiro atoms. The first-order chi connectivity index (χ1) is 10.9. The molecule has 1 aliphatic rings. The van der Waals surface area contributed by atoms with Crippen LogP contribution in [0.4, 0.5) is 13.2 Å². The van der Waals surface area contributed by atoms with E-state index in [1.165, 1.54) is 0 Å². The van der Waals surface area contributed by atoms with Gasteiger partial charge in [-0.3, -0.25) is 4.99 Å². The highest BCUT2D eigenvalue weighted by Gasteiger charge is 2.26.